The van der Waals surface area contributed by atoms with Crippen LogP contribution in [0.3, 0.4) is 0 Å². The first kappa shape index (κ1) is 16.1. The monoisotopic (exact) mass is 439 g/mol. The Morgan fingerprint density at radius 2 is 1.74 bits per heavy atom. The van der Waals surface area contributed by atoms with Crippen molar-refractivity contribution in [2.45, 2.75) is 12.6 Å². The second-order valence-electron chi connectivity index (χ2n) is 4.69. The van der Waals surface area contributed by atoms with Crippen molar-refractivity contribution in [1.29, 1.82) is 0 Å². The average Bonchev–Trinajstić information content (AvgIpc) is 2.86. The summed E-state index contributed by atoms with van der Waals surface area (Å²) in [5.74, 6) is 0. The van der Waals surface area contributed by atoms with E-state index >= 15 is 0 Å². The molecule has 3 aromatic rings. The lowest BCUT2D eigenvalue weighted by Gasteiger charge is -2.11. The Morgan fingerprint density at radius 1 is 1.09 bits per heavy atom. The largest absolute Gasteiger partial charge is 0.416 e. The van der Waals surface area contributed by atoms with Gasteiger partial charge in [-0.15, -0.1) is 0 Å². The van der Waals surface area contributed by atoms with Crippen LogP contribution in [-0.2, 0) is 6.18 Å². The lowest BCUT2D eigenvalue weighted by atomic mass is 10.1. The van der Waals surface area contributed by atoms with E-state index in [-0.39, 0.29) is 16.8 Å². The maximum atomic E-state index is 13.3. The smallest absolute Gasteiger partial charge is 0.289 e. The molecule has 0 aliphatic rings. The van der Waals surface area contributed by atoms with Gasteiger partial charge in [-0.2, -0.15) is 13.2 Å². The van der Waals surface area contributed by atoms with E-state index in [4.69, 9.17) is 0 Å². The van der Waals surface area contributed by atoms with E-state index < -0.39 is 18.2 Å². The summed E-state index contributed by atoms with van der Waals surface area (Å²) in [6, 6.07) is 3.96. The molecule has 0 radical (unpaired) electrons. The molecule has 0 aliphatic carbocycles. The lowest BCUT2D eigenvalue weighted by Crippen LogP contribution is -2.04. The second kappa shape index (κ2) is 5.69. The van der Waals surface area contributed by atoms with E-state index in [9.17, 15) is 22.0 Å². The Kier molecular flexibility index (Phi) is 3.98. The summed E-state index contributed by atoms with van der Waals surface area (Å²) in [5.41, 5.74) is -0.719. The number of fused-ring (bicyclic) bond motifs is 1. The number of rotatable bonds is 2. The van der Waals surface area contributed by atoms with Gasteiger partial charge in [0.25, 0.3) is 6.43 Å². The number of imidazole rings is 1. The molecule has 3 nitrogen and oxygen atoms in total. The van der Waals surface area contributed by atoms with Crippen molar-refractivity contribution in [3.05, 3.63) is 51.6 Å². The van der Waals surface area contributed by atoms with Gasteiger partial charge in [0, 0.05) is 11.8 Å². The summed E-state index contributed by atoms with van der Waals surface area (Å²) in [6.45, 7) is 0. The standard InChI is InChI=1S/C14H7F5IN3/c15-11(16)9-5-23-6-21-12(20)13(23)22-10(9)7-1-3-8(4-2-7)14(17,18)19/h1-6,11H. The number of benzene rings is 1. The van der Waals surface area contributed by atoms with Crippen molar-refractivity contribution in [3.8, 4) is 11.3 Å². The van der Waals surface area contributed by atoms with Gasteiger partial charge < -0.3 is 0 Å². The Morgan fingerprint density at radius 3 is 2.30 bits per heavy atom. The van der Waals surface area contributed by atoms with Crippen LogP contribution in [0.15, 0.2) is 36.8 Å². The van der Waals surface area contributed by atoms with Crippen molar-refractivity contribution < 1.29 is 22.0 Å². The average molecular weight is 439 g/mol. The number of alkyl halides is 5. The molecule has 2 heterocycles. The summed E-state index contributed by atoms with van der Waals surface area (Å²) in [7, 11) is 0. The number of aromatic nitrogens is 3. The summed E-state index contributed by atoms with van der Waals surface area (Å²) < 4.78 is 66.2. The molecule has 0 bridgehead atoms. The number of hydrogen-bond acceptors (Lipinski definition) is 2. The van der Waals surface area contributed by atoms with Gasteiger partial charge in [0.2, 0.25) is 0 Å². The second-order valence-corrected chi connectivity index (χ2v) is 5.71. The molecule has 3 rings (SSSR count). The molecule has 0 saturated carbocycles. The van der Waals surface area contributed by atoms with Crippen LogP contribution in [-0.4, -0.2) is 14.4 Å². The molecule has 0 amide bonds. The lowest BCUT2D eigenvalue weighted by molar-refractivity contribution is -0.137. The van der Waals surface area contributed by atoms with Crippen molar-refractivity contribution in [2.75, 3.05) is 0 Å². The number of nitrogens with zero attached hydrogens (tertiary/aromatic N) is 3. The summed E-state index contributed by atoms with van der Waals surface area (Å²) >= 11 is 1.90. The third-order valence-corrected chi connectivity index (χ3v) is 3.98. The van der Waals surface area contributed by atoms with Gasteiger partial charge >= 0.3 is 6.18 Å². The quantitative estimate of drug-likeness (QED) is 0.418. The fourth-order valence-electron chi connectivity index (χ4n) is 2.12. The third-order valence-electron chi connectivity index (χ3n) is 3.21. The van der Waals surface area contributed by atoms with Crippen LogP contribution in [0.2, 0.25) is 0 Å². The molecule has 0 N–H and O–H groups in total. The van der Waals surface area contributed by atoms with Crippen molar-refractivity contribution in [2.24, 2.45) is 0 Å². The van der Waals surface area contributed by atoms with Gasteiger partial charge in [0.15, 0.2) is 5.65 Å². The van der Waals surface area contributed by atoms with E-state index in [1.54, 1.807) is 0 Å². The molecule has 2 aromatic heterocycles. The first-order valence-electron chi connectivity index (χ1n) is 6.26. The van der Waals surface area contributed by atoms with Gasteiger partial charge in [-0.3, -0.25) is 4.40 Å². The molecule has 0 atom stereocenters. The molecule has 120 valence electrons. The predicted octanol–water partition coefficient (Wildman–Crippen LogP) is 4.96. The Bertz CT molecular complexity index is 855. The minimum Gasteiger partial charge on any atom is -0.289 e. The Labute approximate surface area is 140 Å². The fourth-order valence-corrected chi connectivity index (χ4v) is 2.64. The van der Waals surface area contributed by atoms with Crippen LogP contribution in [0.1, 0.15) is 17.6 Å². The SMILES string of the molecule is FC(F)c1cn2cnc(I)c2nc1-c1ccc(C(F)(F)F)cc1. The fraction of sp³-hybridized carbons (Fsp3) is 0.143. The minimum absolute atomic E-state index is 0.0559. The highest BCUT2D eigenvalue weighted by Crippen LogP contribution is 2.34. The first-order chi connectivity index (χ1) is 10.8. The zero-order valence-corrected chi connectivity index (χ0v) is 13.3. The summed E-state index contributed by atoms with van der Waals surface area (Å²) in [4.78, 5) is 8.12. The predicted molar refractivity (Wildman–Crippen MR) is 81.1 cm³/mol. The number of hydrogen-bond donors (Lipinski definition) is 0. The van der Waals surface area contributed by atoms with Crippen LogP contribution in [0.5, 0.6) is 0 Å². The highest BCUT2D eigenvalue weighted by molar-refractivity contribution is 14.1. The maximum absolute atomic E-state index is 13.3. The summed E-state index contributed by atoms with van der Waals surface area (Å²) in [6.07, 6.45) is -4.76. The van der Waals surface area contributed by atoms with Crippen LogP contribution < -0.4 is 0 Å². The molecular formula is C14H7F5IN3. The third kappa shape index (κ3) is 3.01. The molecule has 1 aromatic carbocycles. The Hall–Kier alpha value is -1.78. The zero-order valence-electron chi connectivity index (χ0n) is 11.2. The van der Waals surface area contributed by atoms with Crippen LogP contribution in [0, 0.1) is 3.70 Å². The molecule has 0 saturated heterocycles. The number of halogens is 6. The summed E-state index contributed by atoms with van der Waals surface area (Å²) in [5, 5.41) is 0. The van der Waals surface area contributed by atoms with Crippen molar-refractivity contribution >= 4 is 28.2 Å². The highest BCUT2D eigenvalue weighted by Gasteiger charge is 2.30. The molecule has 23 heavy (non-hydrogen) atoms. The first-order valence-corrected chi connectivity index (χ1v) is 7.34. The van der Waals surface area contributed by atoms with E-state index in [0.717, 1.165) is 24.3 Å². The normalized spacial score (nSPS) is 12.3. The van der Waals surface area contributed by atoms with Crippen LogP contribution >= 0.6 is 22.6 Å². The van der Waals surface area contributed by atoms with Gasteiger partial charge in [0.05, 0.1) is 16.8 Å². The molecular weight excluding hydrogens is 432 g/mol. The molecule has 9 heteroatoms. The molecule has 0 unspecified atom stereocenters. The van der Waals surface area contributed by atoms with Gasteiger partial charge in [-0.05, 0) is 34.7 Å². The van der Waals surface area contributed by atoms with Crippen molar-refractivity contribution in [3.63, 3.8) is 0 Å². The van der Waals surface area contributed by atoms with Crippen LogP contribution in [0.25, 0.3) is 16.9 Å². The maximum Gasteiger partial charge on any atom is 0.416 e. The minimum atomic E-state index is -4.48. The molecule has 0 fully saturated rings. The van der Waals surface area contributed by atoms with E-state index in [0.29, 0.717) is 9.35 Å². The molecule has 0 spiro atoms. The van der Waals surface area contributed by atoms with Crippen molar-refractivity contribution in [1.82, 2.24) is 14.4 Å². The Balaban J connectivity index is 2.17. The van der Waals surface area contributed by atoms with E-state index in [2.05, 4.69) is 9.97 Å². The van der Waals surface area contributed by atoms with Gasteiger partial charge in [-0.1, -0.05) is 12.1 Å². The highest BCUT2D eigenvalue weighted by atomic mass is 127. The zero-order chi connectivity index (χ0) is 16.8. The van der Waals surface area contributed by atoms with Gasteiger partial charge in [0.1, 0.15) is 10.0 Å². The van der Waals surface area contributed by atoms with Gasteiger partial charge in [-0.25, -0.2) is 18.7 Å². The molecule has 0 aliphatic heterocycles. The topological polar surface area (TPSA) is 30.2 Å². The van der Waals surface area contributed by atoms with Crippen LogP contribution in [0.4, 0.5) is 22.0 Å². The van der Waals surface area contributed by atoms with E-state index in [1.165, 1.54) is 16.9 Å². The van der Waals surface area contributed by atoms with E-state index in [1.807, 2.05) is 22.6 Å².